The van der Waals surface area contributed by atoms with Crippen molar-refractivity contribution in [1.29, 1.82) is 0 Å². The molecule has 1 aromatic heterocycles. The van der Waals surface area contributed by atoms with Gasteiger partial charge >= 0.3 is 0 Å². The minimum atomic E-state index is -0.428. The van der Waals surface area contributed by atoms with Crippen molar-refractivity contribution in [1.82, 2.24) is 15.5 Å². The Labute approximate surface area is 91.0 Å². The van der Waals surface area contributed by atoms with Crippen LogP contribution in [0.2, 0.25) is 0 Å². The van der Waals surface area contributed by atoms with Crippen molar-refractivity contribution >= 4 is 22.4 Å². The first-order valence-electron chi connectivity index (χ1n) is 4.69. The average Bonchev–Trinajstić information content (AvgIpc) is 2.65. The smallest absolute Gasteiger partial charge is 0.256 e. The van der Waals surface area contributed by atoms with Gasteiger partial charge < -0.3 is 10.1 Å². The zero-order chi connectivity index (χ0) is 10.7. The van der Waals surface area contributed by atoms with E-state index in [1.165, 1.54) is 11.3 Å². The predicted octanol–water partition coefficient (Wildman–Crippen LogP) is -0.227. The molecule has 1 amide bonds. The standard InChI is InChI=1S/C8H12N4O2S/c1-5-11-12-8(15-5)10-7(13)6-4-9-2-3-14-6/h6,9H,2-4H2,1H3,(H,10,12,13)/t6-/m0/s1. The molecule has 0 unspecified atom stereocenters. The van der Waals surface area contributed by atoms with E-state index in [9.17, 15) is 4.79 Å². The fraction of sp³-hybridized carbons (Fsp3) is 0.625. The molecule has 2 rings (SSSR count). The molecule has 1 aliphatic heterocycles. The first-order valence-corrected chi connectivity index (χ1v) is 5.50. The van der Waals surface area contributed by atoms with Crippen LogP contribution >= 0.6 is 11.3 Å². The van der Waals surface area contributed by atoms with E-state index in [1.807, 2.05) is 6.92 Å². The summed E-state index contributed by atoms with van der Waals surface area (Å²) >= 11 is 1.35. The maximum atomic E-state index is 11.6. The number of morpholine rings is 1. The van der Waals surface area contributed by atoms with Crippen LogP contribution < -0.4 is 10.6 Å². The first kappa shape index (κ1) is 10.5. The molecule has 1 atom stereocenters. The van der Waals surface area contributed by atoms with Gasteiger partial charge in [-0.3, -0.25) is 10.1 Å². The van der Waals surface area contributed by atoms with E-state index >= 15 is 0 Å². The maximum Gasteiger partial charge on any atom is 0.256 e. The molecular weight excluding hydrogens is 216 g/mol. The molecule has 15 heavy (non-hydrogen) atoms. The summed E-state index contributed by atoms with van der Waals surface area (Å²) in [6, 6.07) is 0. The molecule has 0 radical (unpaired) electrons. The third-order valence-corrected chi connectivity index (χ3v) is 2.73. The molecule has 1 fully saturated rings. The summed E-state index contributed by atoms with van der Waals surface area (Å²) < 4.78 is 5.30. The Morgan fingerprint density at radius 2 is 2.53 bits per heavy atom. The summed E-state index contributed by atoms with van der Waals surface area (Å²) in [6.07, 6.45) is -0.428. The number of nitrogens with one attached hydrogen (secondary N) is 2. The van der Waals surface area contributed by atoms with Gasteiger partial charge in [-0.05, 0) is 6.92 Å². The first-order chi connectivity index (χ1) is 7.25. The number of aromatic nitrogens is 2. The molecule has 0 bridgehead atoms. The molecule has 2 heterocycles. The fourth-order valence-electron chi connectivity index (χ4n) is 1.27. The second-order valence-electron chi connectivity index (χ2n) is 3.18. The largest absolute Gasteiger partial charge is 0.366 e. The molecule has 2 N–H and O–H groups in total. The highest BCUT2D eigenvalue weighted by Crippen LogP contribution is 2.14. The van der Waals surface area contributed by atoms with E-state index in [-0.39, 0.29) is 5.91 Å². The zero-order valence-electron chi connectivity index (χ0n) is 8.32. The highest BCUT2D eigenvalue weighted by molar-refractivity contribution is 7.15. The number of nitrogens with zero attached hydrogens (tertiary/aromatic N) is 2. The Bertz CT molecular complexity index is 348. The molecule has 1 aromatic rings. The van der Waals surface area contributed by atoms with Crippen molar-refractivity contribution in [3.63, 3.8) is 0 Å². The predicted molar refractivity (Wildman–Crippen MR) is 55.9 cm³/mol. The van der Waals surface area contributed by atoms with E-state index in [1.54, 1.807) is 0 Å². The molecule has 82 valence electrons. The van der Waals surface area contributed by atoms with Gasteiger partial charge in [-0.1, -0.05) is 11.3 Å². The maximum absolute atomic E-state index is 11.6. The topological polar surface area (TPSA) is 76.1 Å². The van der Waals surface area contributed by atoms with Crippen molar-refractivity contribution in [3.05, 3.63) is 5.01 Å². The summed E-state index contributed by atoms with van der Waals surface area (Å²) in [5.41, 5.74) is 0. The highest BCUT2D eigenvalue weighted by atomic mass is 32.1. The molecule has 1 aliphatic rings. The van der Waals surface area contributed by atoms with E-state index in [0.717, 1.165) is 11.6 Å². The Morgan fingerprint density at radius 3 is 3.13 bits per heavy atom. The SMILES string of the molecule is Cc1nnc(NC(=O)[C@@H]2CNCCO2)s1. The van der Waals surface area contributed by atoms with Gasteiger partial charge in [0.25, 0.3) is 5.91 Å². The van der Waals surface area contributed by atoms with E-state index < -0.39 is 6.10 Å². The number of anilines is 1. The summed E-state index contributed by atoms with van der Waals surface area (Å²) in [5, 5.41) is 14.7. The Kier molecular flexibility index (Phi) is 3.24. The Morgan fingerprint density at radius 1 is 1.67 bits per heavy atom. The third-order valence-electron chi connectivity index (χ3n) is 1.98. The molecule has 0 aromatic carbocycles. The van der Waals surface area contributed by atoms with Gasteiger partial charge in [-0.2, -0.15) is 0 Å². The van der Waals surface area contributed by atoms with E-state index in [4.69, 9.17) is 4.74 Å². The number of ether oxygens (including phenoxy) is 1. The fourth-order valence-corrected chi connectivity index (χ4v) is 1.86. The average molecular weight is 228 g/mol. The van der Waals surface area contributed by atoms with Crippen LogP contribution in [0.1, 0.15) is 5.01 Å². The van der Waals surface area contributed by atoms with Crippen molar-refractivity contribution in [2.75, 3.05) is 25.0 Å². The molecular formula is C8H12N4O2S. The van der Waals surface area contributed by atoms with Crippen molar-refractivity contribution < 1.29 is 9.53 Å². The molecule has 6 nitrogen and oxygen atoms in total. The van der Waals surface area contributed by atoms with Crippen LogP contribution in [-0.2, 0) is 9.53 Å². The number of carbonyl (C=O) groups excluding carboxylic acids is 1. The van der Waals surface area contributed by atoms with Crippen LogP contribution in [0.5, 0.6) is 0 Å². The monoisotopic (exact) mass is 228 g/mol. The lowest BCUT2D eigenvalue weighted by molar-refractivity contribution is -0.128. The minimum Gasteiger partial charge on any atom is -0.366 e. The lowest BCUT2D eigenvalue weighted by Crippen LogP contribution is -2.45. The van der Waals surface area contributed by atoms with Gasteiger partial charge in [0, 0.05) is 13.1 Å². The third kappa shape index (κ3) is 2.71. The summed E-state index contributed by atoms with van der Waals surface area (Å²) in [6.45, 7) is 3.74. The number of amides is 1. The summed E-state index contributed by atoms with van der Waals surface area (Å²) in [4.78, 5) is 11.6. The molecule has 0 saturated carbocycles. The quantitative estimate of drug-likeness (QED) is 0.731. The van der Waals surface area contributed by atoms with Crippen molar-refractivity contribution in [3.8, 4) is 0 Å². The number of carbonyl (C=O) groups is 1. The van der Waals surface area contributed by atoms with Crippen LogP contribution in [-0.4, -0.2) is 41.9 Å². The second-order valence-corrected chi connectivity index (χ2v) is 4.36. The van der Waals surface area contributed by atoms with Gasteiger partial charge in [-0.25, -0.2) is 0 Å². The van der Waals surface area contributed by atoms with Gasteiger partial charge in [0.1, 0.15) is 11.1 Å². The van der Waals surface area contributed by atoms with E-state index in [2.05, 4.69) is 20.8 Å². The van der Waals surface area contributed by atoms with Crippen LogP contribution in [0.25, 0.3) is 0 Å². The minimum absolute atomic E-state index is 0.168. The Balaban J connectivity index is 1.91. The summed E-state index contributed by atoms with van der Waals surface area (Å²) in [7, 11) is 0. The molecule has 0 spiro atoms. The van der Waals surface area contributed by atoms with E-state index in [0.29, 0.717) is 18.3 Å². The van der Waals surface area contributed by atoms with Crippen molar-refractivity contribution in [2.45, 2.75) is 13.0 Å². The molecule has 0 aliphatic carbocycles. The second kappa shape index (κ2) is 4.65. The Hall–Kier alpha value is -1.05. The molecule has 1 saturated heterocycles. The highest BCUT2D eigenvalue weighted by Gasteiger charge is 2.22. The van der Waals surface area contributed by atoms with Crippen molar-refractivity contribution in [2.24, 2.45) is 0 Å². The van der Waals surface area contributed by atoms with Gasteiger partial charge in [-0.15, -0.1) is 10.2 Å². The van der Waals surface area contributed by atoms with Gasteiger partial charge in [0.05, 0.1) is 6.61 Å². The lowest BCUT2D eigenvalue weighted by Gasteiger charge is -2.21. The zero-order valence-corrected chi connectivity index (χ0v) is 9.13. The van der Waals surface area contributed by atoms with Crippen LogP contribution in [0.4, 0.5) is 5.13 Å². The van der Waals surface area contributed by atoms with Crippen LogP contribution in [0.3, 0.4) is 0 Å². The number of hydrogen-bond donors (Lipinski definition) is 2. The van der Waals surface area contributed by atoms with Gasteiger partial charge in [0.2, 0.25) is 5.13 Å². The number of aryl methyl sites for hydroxylation is 1. The normalized spacial score (nSPS) is 21.3. The van der Waals surface area contributed by atoms with Crippen LogP contribution in [0.15, 0.2) is 0 Å². The molecule has 7 heteroatoms. The summed E-state index contributed by atoms with van der Waals surface area (Å²) in [5.74, 6) is -0.168. The number of rotatable bonds is 2. The van der Waals surface area contributed by atoms with Crippen LogP contribution in [0, 0.1) is 6.92 Å². The lowest BCUT2D eigenvalue weighted by atomic mass is 10.3. The number of hydrogen-bond acceptors (Lipinski definition) is 6. The van der Waals surface area contributed by atoms with Gasteiger partial charge in [0.15, 0.2) is 0 Å².